The van der Waals surface area contributed by atoms with E-state index in [1.807, 2.05) is 12.1 Å². The number of hydrogen-bond donors (Lipinski definition) is 1. The molecule has 0 saturated carbocycles. The van der Waals surface area contributed by atoms with E-state index in [9.17, 15) is 0 Å². The highest BCUT2D eigenvalue weighted by Crippen LogP contribution is 2.34. The van der Waals surface area contributed by atoms with Gasteiger partial charge in [0.2, 0.25) is 0 Å². The molecule has 2 unspecified atom stereocenters. The van der Waals surface area contributed by atoms with Gasteiger partial charge in [-0.3, -0.25) is 0 Å². The Balaban J connectivity index is 2.20. The fraction of sp³-hybridized carbons (Fsp3) is 0.667. The first-order chi connectivity index (χ1) is 9.99. The van der Waals surface area contributed by atoms with Gasteiger partial charge in [0, 0.05) is 19.1 Å². The zero-order valence-corrected chi connectivity index (χ0v) is 14.4. The standard InChI is InChI=1S/C18H29ClN2/c1-13(2)15-7-5-10-21(11-9-15)18-16(12-14(3)20)6-4-8-17(18)19/h4,6,8,13-15H,5,7,9-12,20H2,1-3H3. The van der Waals surface area contributed by atoms with Gasteiger partial charge >= 0.3 is 0 Å². The first-order valence-electron chi connectivity index (χ1n) is 8.27. The number of halogens is 1. The second-order valence-corrected chi connectivity index (χ2v) is 7.26. The molecule has 1 heterocycles. The van der Waals surface area contributed by atoms with Gasteiger partial charge in [-0.05, 0) is 56.1 Å². The molecule has 1 aromatic carbocycles. The van der Waals surface area contributed by atoms with Gasteiger partial charge in [-0.1, -0.05) is 37.6 Å². The predicted molar refractivity (Wildman–Crippen MR) is 93.2 cm³/mol. The lowest BCUT2D eigenvalue weighted by Gasteiger charge is -2.27. The first kappa shape index (κ1) is 16.6. The Bertz CT molecular complexity index is 457. The Labute approximate surface area is 134 Å². The third kappa shape index (κ3) is 4.37. The quantitative estimate of drug-likeness (QED) is 0.888. The highest BCUT2D eigenvalue weighted by Gasteiger charge is 2.22. The molecular formula is C18H29ClN2. The molecule has 0 aliphatic carbocycles. The first-order valence-corrected chi connectivity index (χ1v) is 8.64. The molecule has 0 radical (unpaired) electrons. The van der Waals surface area contributed by atoms with E-state index in [4.69, 9.17) is 17.3 Å². The molecule has 1 aromatic rings. The third-order valence-electron chi connectivity index (χ3n) is 4.64. The summed E-state index contributed by atoms with van der Waals surface area (Å²) in [6.45, 7) is 8.97. The van der Waals surface area contributed by atoms with E-state index in [2.05, 4.69) is 31.7 Å². The topological polar surface area (TPSA) is 29.3 Å². The van der Waals surface area contributed by atoms with Crippen LogP contribution in [0.5, 0.6) is 0 Å². The van der Waals surface area contributed by atoms with Gasteiger partial charge in [0.05, 0.1) is 10.7 Å². The fourth-order valence-electron chi connectivity index (χ4n) is 3.44. The van der Waals surface area contributed by atoms with Gasteiger partial charge < -0.3 is 10.6 Å². The number of nitrogens with two attached hydrogens (primary N) is 1. The molecule has 0 aromatic heterocycles. The lowest BCUT2D eigenvalue weighted by atomic mass is 9.89. The molecule has 0 amide bonds. The average Bonchev–Trinajstić information content (AvgIpc) is 2.64. The molecule has 2 rings (SSSR count). The molecule has 21 heavy (non-hydrogen) atoms. The van der Waals surface area contributed by atoms with Crippen LogP contribution in [0.4, 0.5) is 5.69 Å². The van der Waals surface area contributed by atoms with Crippen molar-refractivity contribution in [2.45, 2.75) is 52.5 Å². The summed E-state index contributed by atoms with van der Waals surface area (Å²) in [5.74, 6) is 1.62. The number of anilines is 1. The monoisotopic (exact) mass is 308 g/mol. The summed E-state index contributed by atoms with van der Waals surface area (Å²) in [4.78, 5) is 2.49. The molecule has 1 aliphatic heterocycles. The molecule has 2 N–H and O–H groups in total. The molecule has 2 atom stereocenters. The summed E-state index contributed by atoms with van der Waals surface area (Å²) in [5, 5.41) is 0.871. The van der Waals surface area contributed by atoms with Crippen LogP contribution in [0.15, 0.2) is 18.2 Å². The van der Waals surface area contributed by atoms with Crippen molar-refractivity contribution in [2.75, 3.05) is 18.0 Å². The van der Waals surface area contributed by atoms with Gasteiger partial charge in [0.1, 0.15) is 0 Å². The van der Waals surface area contributed by atoms with Crippen LogP contribution in [0, 0.1) is 11.8 Å². The van der Waals surface area contributed by atoms with Gasteiger partial charge in [0.15, 0.2) is 0 Å². The summed E-state index contributed by atoms with van der Waals surface area (Å²) in [6.07, 6.45) is 4.74. The normalized spacial score (nSPS) is 21.4. The maximum Gasteiger partial charge on any atom is 0.0642 e. The van der Waals surface area contributed by atoms with Crippen molar-refractivity contribution in [2.24, 2.45) is 17.6 Å². The summed E-state index contributed by atoms with van der Waals surface area (Å²) < 4.78 is 0. The van der Waals surface area contributed by atoms with Crippen LogP contribution >= 0.6 is 11.6 Å². The van der Waals surface area contributed by atoms with Gasteiger partial charge in [-0.25, -0.2) is 0 Å². The van der Waals surface area contributed by atoms with Crippen LogP contribution in [0.3, 0.4) is 0 Å². The molecule has 1 saturated heterocycles. The second-order valence-electron chi connectivity index (χ2n) is 6.85. The van der Waals surface area contributed by atoms with Crippen LogP contribution in [0.25, 0.3) is 0 Å². The molecule has 2 nitrogen and oxygen atoms in total. The van der Waals surface area contributed by atoms with E-state index in [-0.39, 0.29) is 6.04 Å². The summed E-state index contributed by atoms with van der Waals surface area (Å²) in [5.41, 5.74) is 8.52. The number of para-hydroxylation sites is 1. The van der Waals surface area contributed by atoms with Crippen molar-refractivity contribution in [3.63, 3.8) is 0 Å². The smallest absolute Gasteiger partial charge is 0.0642 e. The van der Waals surface area contributed by atoms with E-state index < -0.39 is 0 Å². The number of benzene rings is 1. The van der Waals surface area contributed by atoms with E-state index in [0.29, 0.717) is 0 Å². The zero-order valence-electron chi connectivity index (χ0n) is 13.6. The van der Waals surface area contributed by atoms with E-state index >= 15 is 0 Å². The Kier molecular flexibility index (Phi) is 5.95. The van der Waals surface area contributed by atoms with Gasteiger partial charge in [-0.15, -0.1) is 0 Å². The van der Waals surface area contributed by atoms with Crippen molar-refractivity contribution >= 4 is 17.3 Å². The highest BCUT2D eigenvalue weighted by molar-refractivity contribution is 6.33. The minimum atomic E-state index is 0.164. The van der Waals surface area contributed by atoms with Crippen LogP contribution in [-0.2, 0) is 6.42 Å². The molecular weight excluding hydrogens is 280 g/mol. The minimum absolute atomic E-state index is 0.164. The largest absolute Gasteiger partial charge is 0.370 e. The third-order valence-corrected chi connectivity index (χ3v) is 4.95. The lowest BCUT2D eigenvalue weighted by Crippen LogP contribution is -2.27. The molecule has 3 heteroatoms. The number of rotatable bonds is 4. The summed E-state index contributed by atoms with van der Waals surface area (Å²) >= 11 is 6.52. The van der Waals surface area contributed by atoms with Crippen molar-refractivity contribution in [3.8, 4) is 0 Å². The van der Waals surface area contributed by atoms with Crippen molar-refractivity contribution in [1.29, 1.82) is 0 Å². The van der Waals surface area contributed by atoms with E-state index in [1.165, 1.54) is 30.5 Å². The van der Waals surface area contributed by atoms with Crippen LogP contribution in [0.2, 0.25) is 5.02 Å². The van der Waals surface area contributed by atoms with Gasteiger partial charge in [0.25, 0.3) is 0 Å². The summed E-state index contributed by atoms with van der Waals surface area (Å²) in [7, 11) is 0. The van der Waals surface area contributed by atoms with Crippen LogP contribution in [0.1, 0.15) is 45.6 Å². The fourth-order valence-corrected chi connectivity index (χ4v) is 3.75. The van der Waals surface area contributed by atoms with Crippen molar-refractivity contribution < 1.29 is 0 Å². The van der Waals surface area contributed by atoms with E-state index in [1.54, 1.807) is 0 Å². The number of nitrogens with zero attached hydrogens (tertiary/aromatic N) is 1. The second kappa shape index (κ2) is 7.51. The zero-order chi connectivity index (χ0) is 15.4. The van der Waals surface area contributed by atoms with Crippen molar-refractivity contribution in [3.05, 3.63) is 28.8 Å². The Hall–Kier alpha value is -0.730. The number of hydrogen-bond acceptors (Lipinski definition) is 2. The molecule has 1 fully saturated rings. The molecule has 118 valence electrons. The molecule has 0 spiro atoms. The molecule has 0 bridgehead atoms. The van der Waals surface area contributed by atoms with Crippen molar-refractivity contribution in [1.82, 2.24) is 0 Å². The lowest BCUT2D eigenvalue weighted by molar-refractivity contribution is 0.351. The minimum Gasteiger partial charge on any atom is -0.370 e. The highest BCUT2D eigenvalue weighted by atomic mass is 35.5. The van der Waals surface area contributed by atoms with E-state index in [0.717, 1.165) is 36.4 Å². The Morgan fingerprint density at radius 1 is 1.24 bits per heavy atom. The Morgan fingerprint density at radius 3 is 2.67 bits per heavy atom. The Morgan fingerprint density at radius 2 is 2.00 bits per heavy atom. The average molecular weight is 309 g/mol. The van der Waals surface area contributed by atoms with Crippen LogP contribution in [-0.4, -0.2) is 19.1 Å². The maximum absolute atomic E-state index is 6.52. The SMILES string of the molecule is CC(N)Cc1cccc(Cl)c1N1CCCC(C(C)C)CC1. The van der Waals surface area contributed by atoms with Crippen LogP contribution < -0.4 is 10.6 Å². The molecule has 1 aliphatic rings. The van der Waals surface area contributed by atoms with Gasteiger partial charge in [-0.2, -0.15) is 0 Å². The maximum atomic E-state index is 6.52. The predicted octanol–water partition coefficient (Wildman–Crippen LogP) is 4.49. The summed E-state index contributed by atoms with van der Waals surface area (Å²) in [6, 6.07) is 6.39.